The normalized spacial score (nSPS) is 23.6. The molecule has 0 amide bonds. The lowest BCUT2D eigenvalue weighted by molar-refractivity contribution is 0.264. The summed E-state index contributed by atoms with van der Waals surface area (Å²) in [6.45, 7) is 1.36. The Morgan fingerprint density at radius 3 is 2.12 bits per heavy atom. The van der Waals surface area contributed by atoms with Gasteiger partial charge in [0.1, 0.15) is 0 Å². The van der Waals surface area contributed by atoms with Gasteiger partial charge in [-0.15, -0.1) is 0 Å². The molecule has 0 aromatic carbocycles. The first kappa shape index (κ1) is 6.09. The number of hydrogen-bond donors (Lipinski definition) is 1. The maximum absolute atomic E-state index is 8.57. The summed E-state index contributed by atoms with van der Waals surface area (Å²) in [5, 5.41) is 8.57. The van der Waals surface area contributed by atoms with E-state index in [1.807, 2.05) is 0 Å². The first-order valence-electron chi connectivity index (χ1n) is 3.41. The van der Waals surface area contributed by atoms with Gasteiger partial charge in [-0.05, 0) is 18.8 Å². The average molecular weight is 113 g/mol. The molecule has 1 aliphatic carbocycles. The van der Waals surface area contributed by atoms with Crippen LogP contribution in [0.4, 0.5) is 0 Å². The zero-order valence-electron chi connectivity index (χ0n) is 5.14. The van der Waals surface area contributed by atoms with E-state index >= 15 is 0 Å². The molecule has 0 spiro atoms. The highest BCUT2D eigenvalue weighted by Gasteiger charge is 2.11. The largest absolute Gasteiger partial charge is 0.390 e. The minimum Gasteiger partial charge on any atom is -0.390 e. The molecule has 0 heterocycles. The summed E-state index contributed by atoms with van der Waals surface area (Å²) in [6, 6.07) is 0. The van der Waals surface area contributed by atoms with Crippen LogP contribution in [0.1, 0.15) is 32.1 Å². The number of aliphatic hydroxyl groups excluding tert-OH is 1. The van der Waals surface area contributed by atoms with E-state index in [4.69, 9.17) is 5.11 Å². The Morgan fingerprint density at radius 2 is 1.75 bits per heavy atom. The molecule has 0 aromatic rings. The van der Waals surface area contributed by atoms with Crippen LogP contribution in [-0.2, 0) is 0 Å². The topological polar surface area (TPSA) is 20.2 Å². The van der Waals surface area contributed by atoms with Crippen LogP contribution in [0.2, 0.25) is 0 Å². The van der Waals surface area contributed by atoms with E-state index in [0.29, 0.717) is 5.92 Å². The van der Waals surface area contributed by atoms with Crippen LogP contribution < -0.4 is 0 Å². The molecule has 0 atom stereocenters. The lowest BCUT2D eigenvalue weighted by Gasteiger charge is -2.17. The summed E-state index contributed by atoms with van der Waals surface area (Å²) < 4.78 is 0. The number of aliphatic hydroxyl groups is 1. The summed E-state index contributed by atoms with van der Waals surface area (Å²) in [7, 11) is 0. The predicted octanol–water partition coefficient (Wildman–Crippen LogP) is 2.10. The van der Waals surface area contributed by atoms with Crippen LogP contribution in [0.3, 0.4) is 0 Å². The van der Waals surface area contributed by atoms with Gasteiger partial charge in [-0.1, -0.05) is 19.3 Å². The van der Waals surface area contributed by atoms with Crippen LogP contribution in [0.5, 0.6) is 0 Å². The standard InChI is InChI=1S/C7H13O/c8-6-7-4-2-1-3-5-7/h6-8H,1-5H2. The molecule has 0 bridgehead atoms. The molecule has 1 rings (SSSR count). The van der Waals surface area contributed by atoms with Gasteiger partial charge in [-0.2, -0.15) is 0 Å². The Hall–Kier alpha value is -0.0400. The third kappa shape index (κ3) is 1.48. The van der Waals surface area contributed by atoms with E-state index < -0.39 is 0 Å². The lowest BCUT2D eigenvalue weighted by atomic mass is 9.90. The summed E-state index contributed by atoms with van der Waals surface area (Å²) >= 11 is 0. The molecular formula is C7H13O. The van der Waals surface area contributed by atoms with E-state index in [-0.39, 0.29) is 0 Å². The number of rotatable bonds is 1. The van der Waals surface area contributed by atoms with E-state index in [0.717, 1.165) is 0 Å². The van der Waals surface area contributed by atoms with Gasteiger partial charge in [0, 0.05) is 0 Å². The van der Waals surface area contributed by atoms with Crippen molar-refractivity contribution in [1.29, 1.82) is 0 Å². The molecule has 1 nitrogen and oxygen atoms in total. The minimum absolute atomic E-state index is 0.517. The van der Waals surface area contributed by atoms with Gasteiger partial charge >= 0.3 is 0 Å². The smallest absolute Gasteiger partial charge is 0.0829 e. The molecule has 8 heavy (non-hydrogen) atoms. The summed E-state index contributed by atoms with van der Waals surface area (Å²) in [5.74, 6) is 0.517. The Kier molecular flexibility index (Phi) is 2.34. The van der Waals surface area contributed by atoms with E-state index in [1.54, 1.807) is 0 Å². The molecule has 1 aliphatic rings. The van der Waals surface area contributed by atoms with Crippen LogP contribution in [-0.4, -0.2) is 5.11 Å². The molecule has 0 aromatic heterocycles. The second-order valence-electron chi connectivity index (χ2n) is 2.55. The van der Waals surface area contributed by atoms with Crippen molar-refractivity contribution in [3.63, 3.8) is 0 Å². The second kappa shape index (κ2) is 3.08. The summed E-state index contributed by atoms with van der Waals surface area (Å²) in [4.78, 5) is 0. The van der Waals surface area contributed by atoms with Gasteiger partial charge in [0.05, 0.1) is 6.61 Å². The zero-order valence-corrected chi connectivity index (χ0v) is 5.14. The summed E-state index contributed by atoms with van der Waals surface area (Å²) in [5.41, 5.74) is 0. The van der Waals surface area contributed by atoms with Crippen molar-refractivity contribution in [2.24, 2.45) is 5.92 Å². The zero-order chi connectivity index (χ0) is 5.82. The predicted molar refractivity (Wildman–Crippen MR) is 32.8 cm³/mol. The van der Waals surface area contributed by atoms with Crippen LogP contribution in [0.15, 0.2) is 0 Å². The molecule has 0 aliphatic heterocycles. The van der Waals surface area contributed by atoms with Gasteiger partial charge in [0.25, 0.3) is 0 Å². The number of hydrogen-bond acceptors (Lipinski definition) is 1. The fraction of sp³-hybridized carbons (Fsp3) is 0.857. The van der Waals surface area contributed by atoms with E-state index in [2.05, 4.69) is 0 Å². The van der Waals surface area contributed by atoms with Crippen LogP contribution in [0, 0.1) is 12.5 Å². The highest BCUT2D eigenvalue weighted by Crippen LogP contribution is 2.24. The highest BCUT2D eigenvalue weighted by atomic mass is 16.3. The maximum atomic E-state index is 8.57. The molecule has 1 radical (unpaired) electrons. The van der Waals surface area contributed by atoms with Gasteiger partial charge in [0.15, 0.2) is 0 Å². The molecule has 1 heteroatoms. The third-order valence-corrected chi connectivity index (χ3v) is 1.86. The lowest BCUT2D eigenvalue weighted by Crippen LogP contribution is -2.05. The van der Waals surface area contributed by atoms with Crippen LogP contribution in [0.25, 0.3) is 0 Å². The second-order valence-corrected chi connectivity index (χ2v) is 2.55. The Morgan fingerprint density at radius 1 is 1.12 bits per heavy atom. The van der Waals surface area contributed by atoms with Gasteiger partial charge < -0.3 is 5.11 Å². The van der Waals surface area contributed by atoms with E-state index in [9.17, 15) is 0 Å². The van der Waals surface area contributed by atoms with Crippen molar-refractivity contribution in [3.05, 3.63) is 6.61 Å². The molecule has 0 unspecified atom stereocenters. The van der Waals surface area contributed by atoms with Crippen molar-refractivity contribution >= 4 is 0 Å². The molecule has 1 N–H and O–H groups in total. The van der Waals surface area contributed by atoms with Crippen molar-refractivity contribution in [1.82, 2.24) is 0 Å². The Labute approximate surface area is 50.7 Å². The molecular weight excluding hydrogens is 100 g/mol. The summed E-state index contributed by atoms with van der Waals surface area (Å²) in [6.07, 6.45) is 6.39. The first-order chi connectivity index (χ1) is 3.93. The van der Waals surface area contributed by atoms with Gasteiger partial charge in [-0.3, -0.25) is 0 Å². The molecule has 0 saturated heterocycles. The van der Waals surface area contributed by atoms with Crippen molar-refractivity contribution < 1.29 is 5.11 Å². The van der Waals surface area contributed by atoms with Crippen molar-refractivity contribution in [3.8, 4) is 0 Å². The van der Waals surface area contributed by atoms with Gasteiger partial charge in [-0.25, -0.2) is 0 Å². The quantitative estimate of drug-likeness (QED) is 0.552. The highest BCUT2D eigenvalue weighted by molar-refractivity contribution is 4.70. The average Bonchev–Trinajstić information content (AvgIpc) is 1.90. The SMILES string of the molecule is O[CH]C1CCCCC1. The monoisotopic (exact) mass is 113 g/mol. The Bertz CT molecular complexity index is 55.4. The third-order valence-electron chi connectivity index (χ3n) is 1.86. The first-order valence-corrected chi connectivity index (χ1v) is 3.41. The van der Waals surface area contributed by atoms with Gasteiger partial charge in [0.2, 0.25) is 0 Å². The maximum Gasteiger partial charge on any atom is 0.0829 e. The Balaban J connectivity index is 2.13. The van der Waals surface area contributed by atoms with E-state index in [1.165, 1.54) is 38.7 Å². The molecule has 1 saturated carbocycles. The minimum atomic E-state index is 0.517. The fourth-order valence-electron chi connectivity index (χ4n) is 1.28. The molecule has 47 valence electrons. The van der Waals surface area contributed by atoms with Crippen molar-refractivity contribution in [2.75, 3.05) is 0 Å². The van der Waals surface area contributed by atoms with Crippen molar-refractivity contribution in [2.45, 2.75) is 32.1 Å². The fourth-order valence-corrected chi connectivity index (χ4v) is 1.28. The molecule has 1 fully saturated rings. The van der Waals surface area contributed by atoms with Crippen LogP contribution >= 0.6 is 0 Å².